The predicted molar refractivity (Wildman–Crippen MR) is 78.0 cm³/mol. The minimum Gasteiger partial charge on any atom is -0.377 e. The fraction of sp³-hybridized carbons (Fsp3) is 0.571. The zero-order valence-corrected chi connectivity index (χ0v) is 12.7. The molecule has 6 heteroatoms. The summed E-state index contributed by atoms with van der Waals surface area (Å²) in [7, 11) is -1.62. The third kappa shape index (κ3) is 3.79. The van der Waals surface area contributed by atoms with E-state index in [1.165, 1.54) is 0 Å². The van der Waals surface area contributed by atoms with Crippen LogP contribution in [0, 0.1) is 0 Å². The van der Waals surface area contributed by atoms with Gasteiger partial charge in [-0.05, 0) is 44.5 Å². The van der Waals surface area contributed by atoms with E-state index in [1.54, 1.807) is 12.1 Å². The van der Waals surface area contributed by atoms with Crippen molar-refractivity contribution in [2.75, 3.05) is 13.7 Å². The average Bonchev–Trinajstić information content (AvgIpc) is 2.93. The van der Waals surface area contributed by atoms with Gasteiger partial charge in [0.1, 0.15) is 0 Å². The molecular formula is C14H22N2O3S. The van der Waals surface area contributed by atoms with E-state index in [4.69, 9.17) is 4.74 Å². The van der Waals surface area contributed by atoms with E-state index in [-0.39, 0.29) is 12.1 Å². The van der Waals surface area contributed by atoms with Crippen LogP contribution in [-0.4, -0.2) is 34.2 Å². The summed E-state index contributed by atoms with van der Waals surface area (Å²) in [5.74, 6) is 0. The second-order valence-corrected chi connectivity index (χ2v) is 6.85. The van der Waals surface area contributed by atoms with Crippen LogP contribution >= 0.6 is 0 Å². The summed E-state index contributed by atoms with van der Waals surface area (Å²) in [6, 6.07) is 6.71. The average molecular weight is 298 g/mol. The highest BCUT2D eigenvalue weighted by molar-refractivity contribution is 7.89. The lowest BCUT2D eigenvalue weighted by Gasteiger charge is -2.20. The first-order chi connectivity index (χ1) is 9.53. The monoisotopic (exact) mass is 298 g/mol. The zero-order chi connectivity index (χ0) is 14.6. The maximum atomic E-state index is 12.3. The van der Waals surface area contributed by atoms with Gasteiger partial charge in [-0.25, -0.2) is 13.1 Å². The quantitative estimate of drug-likeness (QED) is 0.829. The molecule has 2 unspecified atom stereocenters. The molecule has 0 amide bonds. The summed E-state index contributed by atoms with van der Waals surface area (Å²) >= 11 is 0. The molecule has 112 valence electrons. The summed E-state index contributed by atoms with van der Waals surface area (Å²) in [4.78, 5) is 0.294. The van der Waals surface area contributed by atoms with Gasteiger partial charge in [0, 0.05) is 19.2 Å². The minimum absolute atomic E-state index is 0.0201. The molecule has 0 aliphatic carbocycles. The van der Waals surface area contributed by atoms with Crippen molar-refractivity contribution in [3.8, 4) is 0 Å². The Morgan fingerprint density at radius 1 is 1.35 bits per heavy atom. The van der Waals surface area contributed by atoms with Crippen molar-refractivity contribution < 1.29 is 13.2 Å². The van der Waals surface area contributed by atoms with Gasteiger partial charge in [0.05, 0.1) is 11.0 Å². The summed E-state index contributed by atoms with van der Waals surface area (Å²) in [6.07, 6.45) is 1.88. The molecule has 0 bridgehead atoms. The van der Waals surface area contributed by atoms with Crippen LogP contribution in [0.3, 0.4) is 0 Å². The normalized spacial score (nSPS) is 21.0. The lowest BCUT2D eigenvalue weighted by Crippen LogP contribution is -2.40. The van der Waals surface area contributed by atoms with Crippen LogP contribution < -0.4 is 10.0 Å². The van der Waals surface area contributed by atoms with Gasteiger partial charge in [0.15, 0.2) is 0 Å². The summed E-state index contributed by atoms with van der Waals surface area (Å²) < 4.78 is 32.8. The van der Waals surface area contributed by atoms with Crippen LogP contribution in [0.15, 0.2) is 29.2 Å². The Morgan fingerprint density at radius 2 is 2.05 bits per heavy atom. The fourth-order valence-electron chi connectivity index (χ4n) is 2.38. The molecule has 1 fully saturated rings. The van der Waals surface area contributed by atoms with Gasteiger partial charge in [-0.2, -0.15) is 0 Å². The summed E-state index contributed by atoms with van der Waals surface area (Å²) in [5, 5.41) is 3.03. The molecule has 1 aromatic carbocycles. The highest BCUT2D eigenvalue weighted by atomic mass is 32.2. The van der Waals surface area contributed by atoms with Crippen LogP contribution in [-0.2, 0) is 21.3 Å². The lowest BCUT2D eigenvalue weighted by atomic mass is 10.1. The molecule has 1 heterocycles. The number of sulfonamides is 1. The molecule has 2 N–H and O–H groups in total. The molecule has 0 aromatic heterocycles. The van der Waals surface area contributed by atoms with Gasteiger partial charge in [0.25, 0.3) is 0 Å². The van der Waals surface area contributed by atoms with E-state index >= 15 is 0 Å². The van der Waals surface area contributed by atoms with Crippen molar-refractivity contribution >= 4 is 10.0 Å². The van der Waals surface area contributed by atoms with Gasteiger partial charge in [-0.3, -0.25) is 0 Å². The number of nitrogens with one attached hydrogen (secondary N) is 2. The van der Waals surface area contributed by atoms with Crippen molar-refractivity contribution in [1.82, 2.24) is 10.0 Å². The first-order valence-corrected chi connectivity index (χ1v) is 8.39. The van der Waals surface area contributed by atoms with Crippen LogP contribution in [0.2, 0.25) is 0 Å². The van der Waals surface area contributed by atoms with Gasteiger partial charge in [-0.15, -0.1) is 0 Å². The summed E-state index contributed by atoms with van der Waals surface area (Å²) in [5.41, 5.74) is 1.05. The molecule has 2 rings (SSSR count). The molecule has 1 aromatic rings. The van der Waals surface area contributed by atoms with Crippen molar-refractivity contribution in [3.63, 3.8) is 0 Å². The Morgan fingerprint density at radius 3 is 2.60 bits per heavy atom. The van der Waals surface area contributed by atoms with E-state index in [2.05, 4.69) is 10.0 Å². The SMILES string of the molecule is CNCc1ccc(S(=O)(=O)NC(C)C2CCCO2)cc1. The number of ether oxygens (including phenoxy) is 1. The topological polar surface area (TPSA) is 67.4 Å². The third-order valence-electron chi connectivity index (χ3n) is 3.48. The molecule has 0 spiro atoms. The van der Waals surface area contributed by atoms with Crippen molar-refractivity contribution in [2.45, 2.75) is 43.4 Å². The van der Waals surface area contributed by atoms with Crippen LogP contribution in [0.25, 0.3) is 0 Å². The Bertz CT molecular complexity index is 522. The zero-order valence-electron chi connectivity index (χ0n) is 11.9. The van der Waals surface area contributed by atoms with Crippen molar-refractivity contribution in [2.24, 2.45) is 0 Å². The van der Waals surface area contributed by atoms with Crippen LogP contribution in [0.4, 0.5) is 0 Å². The van der Waals surface area contributed by atoms with Gasteiger partial charge in [0.2, 0.25) is 10.0 Å². The molecule has 1 aliphatic rings. The lowest BCUT2D eigenvalue weighted by molar-refractivity contribution is 0.0902. The number of benzene rings is 1. The number of hydrogen-bond acceptors (Lipinski definition) is 4. The Hall–Kier alpha value is -0.950. The highest BCUT2D eigenvalue weighted by Crippen LogP contribution is 2.18. The smallest absolute Gasteiger partial charge is 0.240 e. The predicted octanol–water partition coefficient (Wildman–Crippen LogP) is 1.25. The molecule has 20 heavy (non-hydrogen) atoms. The first-order valence-electron chi connectivity index (χ1n) is 6.90. The third-order valence-corrected chi connectivity index (χ3v) is 5.05. The fourth-order valence-corrected chi connectivity index (χ4v) is 3.65. The molecule has 0 radical (unpaired) electrons. The van der Waals surface area contributed by atoms with E-state index in [1.807, 2.05) is 26.1 Å². The Balaban J connectivity index is 2.05. The maximum absolute atomic E-state index is 12.3. The van der Waals surface area contributed by atoms with Crippen LogP contribution in [0.1, 0.15) is 25.3 Å². The molecule has 5 nitrogen and oxygen atoms in total. The van der Waals surface area contributed by atoms with Gasteiger partial charge in [-0.1, -0.05) is 12.1 Å². The highest BCUT2D eigenvalue weighted by Gasteiger charge is 2.26. The molecular weight excluding hydrogens is 276 g/mol. The minimum atomic E-state index is -3.48. The first kappa shape index (κ1) is 15.4. The largest absolute Gasteiger partial charge is 0.377 e. The van der Waals surface area contributed by atoms with E-state index in [0.717, 1.165) is 31.6 Å². The molecule has 0 saturated carbocycles. The van der Waals surface area contributed by atoms with E-state index in [0.29, 0.717) is 4.90 Å². The molecule has 1 saturated heterocycles. The maximum Gasteiger partial charge on any atom is 0.240 e. The van der Waals surface area contributed by atoms with Crippen molar-refractivity contribution in [1.29, 1.82) is 0 Å². The Labute approximate surface area is 120 Å². The Kier molecular flexibility index (Phi) is 5.15. The number of hydrogen-bond donors (Lipinski definition) is 2. The van der Waals surface area contributed by atoms with Gasteiger partial charge >= 0.3 is 0 Å². The van der Waals surface area contributed by atoms with Crippen LogP contribution in [0.5, 0.6) is 0 Å². The summed E-state index contributed by atoms with van der Waals surface area (Å²) in [6.45, 7) is 3.29. The van der Waals surface area contributed by atoms with E-state index in [9.17, 15) is 8.42 Å². The van der Waals surface area contributed by atoms with Crippen molar-refractivity contribution in [3.05, 3.63) is 29.8 Å². The second kappa shape index (κ2) is 6.67. The molecule has 2 atom stereocenters. The van der Waals surface area contributed by atoms with E-state index < -0.39 is 10.0 Å². The second-order valence-electron chi connectivity index (χ2n) is 5.14. The van der Waals surface area contributed by atoms with Gasteiger partial charge < -0.3 is 10.1 Å². The molecule has 1 aliphatic heterocycles. The standard InChI is InChI=1S/C14H22N2O3S/c1-11(14-4-3-9-19-14)16-20(17,18)13-7-5-12(6-8-13)10-15-2/h5-8,11,14-16H,3-4,9-10H2,1-2H3. The number of rotatable bonds is 6.